The number of allylic oxidation sites excluding steroid dienone is 8. The molecule has 1 rings (SSSR count). The summed E-state index contributed by atoms with van der Waals surface area (Å²) in [5, 5.41) is 0. The number of rotatable bonds is 9. The van der Waals surface area contributed by atoms with Gasteiger partial charge in [-0.15, -0.1) is 0 Å². The molecule has 0 radical (unpaired) electrons. The van der Waals surface area contributed by atoms with E-state index in [2.05, 4.69) is 6.58 Å². The number of alkyl halides is 2. The van der Waals surface area contributed by atoms with Crippen LogP contribution in [0.15, 0.2) is 65.8 Å². The van der Waals surface area contributed by atoms with Crippen molar-refractivity contribution >= 4 is 5.70 Å². The molecular formula is C24H28F5N. The van der Waals surface area contributed by atoms with Crippen LogP contribution >= 0.6 is 0 Å². The molecule has 0 aliphatic heterocycles. The standard InChI is InChI=1S/C24H28F5N/c1-7-9-17(10-8-2)19(11-15(3)4)24(30(16(5)6)14-22(28)29)23-20(26)12-18(25)13-21(23)27/h7-13,16,22H,1,14H2,2-6H3/b10-8-,17-9+,24-19+. The highest BCUT2D eigenvalue weighted by atomic mass is 19.3. The summed E-state index contributed by atoms with van der Waals surface area (Å²) in [7, 11) is 0. The normalized spacial score (nSPS) is 13.1. The minimum Gasteiger partial charge on any atom is -0.362 e. The molecule has 30 heavy (non-hydrogen) atoms. The molecule has 0 aliphatic rings. The summed E-state index contributed by atoms with van der Waals surface area (Å²) in [6, 6.07) is 0.576. The van der Waals surface area contributed by atoms with Crippen molar-refractivity contribution in [2.75, 3.05) is 6.54 Å². The Labute approximate surface area is 175 Å². The Kier molecular flexibility index (Phi) is 9.76. The summed E-state index contributed by atoms with van der Waals surface area (Å²) in [5.41, 5.74) is 0.995. The van der Waals surface area contributed by atoms with Gasteiger partial charge in [-0.2, -0.15) is 0 Å². The van der Waals surface area contributed by atoms with Gasteiger partial charge >= 0.3 is 0 Å². The first-order valence-corrected chi connectivity index (χ1v) is 9.58. The van der Waals surface area contributed by atoms with Crippen molar-refractivity contribution < 1.29 is 22.0 Å². The van der Waals surface area contributed by atoms with Gasteiger partial charge in [0.15, 0.2) is 0 Å². The molecule has 0 saturated heterocycles. The van der Waals surface area contributed by atoms with Crippen LogP contribution in [0.5, 0.6) is 0 Å². The molecule has 1 aromatic rings. The van der Waals surface area contributed by atoms with Gasteiger partial charge in [0.1, 0.15) is 17.5 Å². The van der Waals surface area contributed by atoms with E-state index >= 15 is 0 Å². The van der Waals surface area contributed by atoms with Gasteiger partial charge in [-0.3, -0.25) is 0 Å². The lowest BCUT2D eigenvalue weighted by molar-refractivity contribution is 0.102. The zero-order valence-corrected chi connectivity index (χ0v) is 17.9. The maximum Gasteiger partial charge on any atom is 0.255 e. The minimum absolute atomic E-state index is 0.0762. The van der Waals surface area contributed by atoms with Gasteiger partial charge in [0, 0.05) is 23.7 Å². The lowest BCUT2D eigenvalue weighted by Crippen LogP contribution is -2.35. The Morgan fingerprint density at radius 2 is 1.67 bits per heavy atom. The molecular weight excluding hydrogens is 397 g/mol. The van der Waals surface area contributed by atoms with Crippen LogP contribution in [0.2, 0.25) is 0 Å². The fraction of sp³-hybridized carbons (Fsp3) is 0.333. The van der Waals surface area contributed by atoms with E-state index in [1.165, 1.54) is 11.0 Å². The van der Waals surface area contributed by atoms with Gasteiger partial charge in [0.2, 0.25) is 0 Å². The van der Waals surface area contributed by atoms with Gasteiger partial charge < -0.3 is 4.90 Å². The third-order valence-corrected chi connectivity index (χ3v) is 4.13. The smallest absolute Gasteiger partial charge is 0.255 e. The van der Waals surface area contributed by atoms with Gasteiger partial charge in [-0.1, -0.05) is 42.5 Å². The second kappa shape index (κ2) is 11.5. The van der Waals surface area contributed by atoms with Crippen molar-refractivity contribution in [3.8, 4) is 0 Å². The van der Waals surface area contributed by atoms with Crippen LogP contribution in [0.4, 0.5) is 22.0 Å². The van der Waals surface area contributed by atoms with Crippen molar-refractivity contribution in [3.63, 3.8) is 0 Å². The fourth-order valence-corrected chi connectivity index (χ4v) is 3.03. The lowest BCUT2D eigenvalue weighted by Gasteiger charge is -2.34. The molecule has 0 saturated carbocycles. The summed E-state index contributed by atoms with van der Waals surface area (Å²) in [4.78, 5) is 1.24. The molecule has 0 bridgehead atoms. The van der Waals surface area contributed by atoms with Crippen LogP contribution in [0, 0.1) is 17.5 Å². The van der Waals surface area contributed by atoms with Crippen LogP contribution in [0.1, 0.15) is 40.2 Å². The Bertz CT molecular complexity index is 849. The van der Waals surface area contributed by atoms with E-state index in [0.29, 0.717) is 23.3 Å². The highest BCUT2D eigenvalue weighted by molar-refractivity contribution is 5.76. The first kappa shape index (κ1) is 25.4. The monoisotopic (exact) mass is 425 g/mol. The third-order valence-electron chi connectivity index (χ3n) is 4.13. The Morgan fingerprint density at radius 3 is 2.07 bits per heavy atom. The van der Waals surface area contributed by atoms with E-state index in [1.54, 1.807) is 58.9 Å². The van der Waals surface area contributed by atoms with Crippen LogP contribution < -0.4 is 0 Å². The van der Waals surface area contributed by atoms with E-state index in [1.807, 2.05) is 0 Å². The number of hydrogen-bond donors (Lipinski definition) is 0. The Morgan fingerprint density at radius 1 is 1.10 bits per heavy atom. The van der Waals surface area contributed by atoms with Crippen LogP contribution in [-0.4, -0.2) is 23.9 Å². The highest BCUT2D eigenvalue weighted by Crippen LogP contribution is 2.35. The maximum absolute atomic E-state index is 14.8. The Hall–Kier alpha value is -2.63. The van der Waals surface area contributed by atoms with Gasteiger partial charge in [0.05, 0.1) is 17.8 Å². The molecule has 0 aromatic heterocycles. The average Bonchev–Trinajstić information content (AvgIpc) is 2.60. The SMILES string of the molecule is C=C/C=C(\C=C/C)C(/C=C(C)C)=C(\c1c(F)cc(F)cc1F)N(CC(F)F)C(C)C. The van der Waals surface area contributed by atoms with E-state index in [9.17, 15) is 22.0 Å². The molecule has 0 aliphatic carbocycles. The molecule has 6 heteroatoms. The summed E-state index contributed by atoms with van der Waals surface area (Å²) in [5.74, 6) is -3.42. The molecule has 0 unspecified atom stereocenters. The summed E-state index contributed by atoms with van der Waals surface area (Å²) in [6.07, 6.45) is 5.43. The second-order valence-electron chi connectivity index (χ2n) is 7.22. The molecule has 0 amide bonds. The van der Waals surface area contributed by atoms with Crippen LogP contribution in [-0.2, 0) is 0 Å². The first-order chi connectivity index (χ1) is 14.0. The van der Waals surface area contributed by atoms with Crippen molar-refractivity contribution in [2.24, 2.45) is 0 Å². The summed E-state index contributed by atoms with van der Waals surface area (Å²) in [6.45, 7) is 11.5. The van der Waals surface area contributed by atoms with Gasteiger partial charge in [-0.05, 0) is 40.2 Å². The molecule has 164 valence electrons. The predicted molar refractivity (Wildman–Crippen MR) is 114 cm³/mol. The average molecular weight is 425 g/mol. The topological polar surface area (TPSA) is 3.24 Å². The van der Waals surface area contributed by atoms with E-state index in [4.69, 9.17) is 0 Å². The molecule has 1 nitrogen and oxygen atoms in total. The summed E-state index contributed by atoms with van der Waals surface area (Å²) < 4.78 is 70.1. The van der Waals surface area contributed by atoms with Gasteiger partial charge in [-0.25, -0.2) is 22.0 Å². The molecule has 0 atom stereocenters. The molecule has 0 N–H and O–H groups in total. The third kappa shape index (κ3) is 6.71. The van der Waals surface area contributed by atoms with Crippen molar-refractivity contribution in [1.29, 1.82) is 0 Å². The van der Waals surface area contributed by atoms with Crippen LogP contribution in [0.3, 0.4) is 0 Å². The quantitative estimate of drug-likeness (QED) is 0.293. The zero-order chi connectivity index (χ0) is 23.0. The largest absolute Gasteiger partial charge is 0.362 e. The van der Waals surface area contributed by atoms with Crippen LogP contribution in [0.25, 0.3) is 5.70 Å². The first-order valence-electron chi connectivity index (χ1n) is 9.58. The lowest BCUT2D eigenvalue weighted by atomic mass is 9.94. The molecule has 0 heterocycles. The molecule has 0 fully saturated rings. The Balaban J connectivity index is 4.21. The van der Waals surface area contributed by atoms with Crippen molar-refractivity contribution in [1.82, 2.24) is 4.90 Å². The number of hydrogen-bond acceptors (Lipinski definition) is 1. The van der Waals surface area contributed by atoms with Gasteiger partial charge in [0.25, 0.3) is 6.43 Å². The van der Waals surface area contributed by atoms with Crippen molar-refractivity contribution in [2.45, 2.75) is 47.1 Å². The maximum atomic E-state index is 14.8. The zero-order valence-electron chi connectivity index (χ0n) is 17.9. The van der Waals surface area contributed by atoms with E-state index in [-0.39, 0.29) is 5.70 Å². The van der Waals surface area contributed by atoms with Crippen molar-refractivity contribution in [3.05, 3.63) is 88.8 Å². The molecule has 0 spiro atoms. The minimum atomic E-state index is -2.75. The van der Waals surface area contributed by atoms with E-state index < -0.39 is 42.0 Å². The van der Waals surface area contributed by atoms with E-state index in [0.717, 1.165) is 5.57 Å². The second-order valence-corrected chi connectivity index (χ2v) is 7.22. The molecule has 1 aromatic carbocycles. The highest BCUT2D eigenvalue weighted by Gasteiger charge is 2.28. The number of nitrogens with zero attached hydrogens (tertiary/aromatic N) is 1. The number of benzene rings is 1. The summed E-state index contributed by atoms with van der Waals surface area (Å²) >= 11 is 0. The fourth-order valence-electron chi connectivity index (χ4n) is 3.03. The predicted octanol–water partition coefficient (Wildman–Crippen LogP) is 7.45. The number of halogens is 5.